The molecule has 0 bridgehead atoms. The van der Waals surface area contributed by atoms with Crippen molar-refractivity contribution in [1.29, 1.82) is 0 Å². The minimum Gasteiger partial charge on any atom is -0.361 e. The Hall–Kier alpha value is -2.89. The van der Waals surface area contributed by atoms with Gasteiger partial charge in [0.05, 0.1) is 0 Å². The highest BCUT2D eigenvalue weighted by molar-refractivity contribution is 7.84. The van der Waals surface area contributed by atoms with E-state index in [-0.39, 0.29) is 11.8 Å². The lowest BCUT2D eigenvalue weighted by Crippen LogP contribution is -2.29. The molecule has 4 aromatic rings. The van der Waals surface area contributed by atoms with Gasteiger partial charge in [-0.25, -0.2) is 0 Å². The predicted molar refractivity (Wildman–Crippen MR) is 123 cm³/mol. The van der Waals surface area contributed by atoms with E-state index >= 15 is 0 Å². The van der Waals surface area contributed by atoms with Gasteiger partial charge in [0, 0.05) is 62.1 Å². The van der Waals surface area contributed by atoms with Crippen LogP contribution in [0.25, 0.3) is 10.9 Å². The van der Waals surface area contributed by atoms with Crippen LogP contribution in [-0.4, -0.2) is 27.9 Å². The van der Waals surface area contributed by atoms with Crippen LogP contribution in [0.3, 0.4) is 0 Å². The number of hydrogen-bond acceptors (Lipinski definition) is 2. The topological polar surface area (TPSA) is 62.0 Å². The van der Waals surface area contributed by atoms with Gasteiger partial charge in [0.1, 0.15) is 0 Å². The Morgan fingerprint density at radius 1 is 1.00 bits per heavy atom. The lowest BCUT2D eigenvalue weighted by atomic mass is 9.90. The Labute approximate surface area is 182 Å². The SMILES string of the molecule is CS(=O)c1ccc(C(=O)NCC(c2ccccc2Cl)c2c[nH]c3ccccc23)cc1. The minimum atomic E-state index is -1.07. The summed E-state index contributed by atoms with van der Waals surface area (Å²) in [5.74, 6) is -0.290. The lowest BCUT2D eigenvalue weighted by molar-refractivity contribution is 0.0952. The molecule has 2 N–H and O–H groups in total. The molecule has 0 fully saturated rings. The van der Waals surface area contributed by atoms with Crippen molar-refractivity contribution in [2.45, 2.75) is 10.8 Å². The molecule has 1 aromatic heterocycles. The maximum absolute atomic E-state index is 12.8. The molecule has 0 spiro atoms. The number of aromatic amines is 1. The Bertz CT molecular complexity index is 1220. The van der Waals surface area contributed by atoms with E-state index in [1.165, 1.54) is 0 Å². The number of H-pyrrole nitrogens is 1. The number of nitrogens with one attached hydrogen (secondary N) is 2. The smallest absolute Gasteiger partial charge is 0.251 e. The number of carbonyl (C=O) groups is 1. The van der Waals surface area contributed by atoms with Crippen molar-refractivity contribution in [3.05, 3.63) is 101 Å². The van der Waals surface area contributed by atoms with Gasteiger partial charge in [-0.2, -0.15) is 0 Å². The summed E-state index contributed by atoms with van der Waals surface area (Å²) in [6.07, 6.45) is 3.60. The van der Waals surface area contributed by atoms with Gasteiger partial charge in [-0.3, -0.25) is 9.00 Å². The maximum Gasteiger partial charge on any atom is 0.251 e. The van der Waals surface area contributed by atoms with Crippen molar-refractivity contribution in [3.8, 4) is 0 Å². The van der Waals surface area contributed by atoms with E-state index < -0.39 is 10.8 Å². The van der Waals surface area contributed by atoms with Crippen molar-refractivity contribution < 1.29 is 9.00 Å². The van der Waals surface area contributed by atoms with Crippen LogP contribution >= 0.6 is 11.6 Å². The molecule has 3 aromatic carbocycles. The predicted octanol–water partition coefficient (Wildman–Crippen LogP) is 5.12. The van der Waals surface area contributed by atoms with Gasteiger partial charge in [0.15, 0.2) is 0 Å². The van der Waals surface area contributed by atoms with Crippen molar-refractivity contribution in [2.24, 2.45) is 0 Å². The second-order valence-electron chi connectivity index (χ2n) is 7.05. The molecule has 0 saturated carbocycles. The Morgan fingerprint density at radius 2 is 1.70 bits per heavy atom. The number of para-hydroxylation sites is 1. The standard InChI is InChI=1S/C24H21ClN2O2S/c1-30(29)17-12-10-16(11-13-17)24(28)27-15-20(18-6-2-4-8-22(18)25)21-14-26-23-9-5-3-7-19(21)23/h2-14,20,26H,15H2,1H3,(H,27,28). The van der Waals surface area contributed by atoms with Crippen LogP contribution in [0.2, 0.25) is 5.02 Å². The molecule has 2 unspecified atom stereocenters. The second kappa shape index (κ2) is 8.86. The van der Waals surface area contributed by atoms with Crippen molar-refractivity contribution >= 4 is 39.2 Å². The largest absolute Gasteiger partial charge is 0.361 e. The Morgan fingerprint density at radius 3 is 2.43 bits per heavy atom. The van der Waals surface area contributed by atoms with E-state index in [1.54, 1.807) is 30.5 Å². The van der Waals surface area contributed by atoms with Gasteiger partial charge in [-0.1, -0.05) is 48.0 Å². The first-order valence-electron chi connectivity index (χ1n) is 9.56. The monoisotopic (exact) mass is 436 g/mol. The highest BCUT2D eigenvalue weighted by Gasteiger charge is 2.21. The number of halogens is 1. The molecule has 4 nitrogen and oxygen atoms in total. The van der Waals surface area contributed by atoms with Gasteiger partial charge in [0.2, 0.25) is 0 Å². The molecule has 0 aliphatic carbocycles. The fourth-order valence-electron chi connectivity index (χ4n) is 3.62. The van der Waals surface area contributed by atoms with Crippen molar-refractivity contribution in [1.82, 2.24) is 10.3 Å². The van der Waals surface area contributed by atoms with Crippen LogP contribution in [0, 0.1) is 0 Å². The van der Waals surface area contributed by atoms with Crippen LogP contribution in [-0.2, 0) is 10.8 Å². The summed E-state index contributed by atoms with van der Waals surface area (Å²) in [4.78, 5) is 16.8. The van der Waals surface area contributed by atoms with Crippen LogP contribution in [0.1, 0.15) is 27.4 Å². The number of carbonyl (C=O) groups excluding carboxylic acids is 1. The summed E-state index contributed by atoms with van der Waals surface area (Å²) in [5.41, 5.74) is 3.61. The number of aromatic nitrogens is 1. The first kappa shape index (κ1) is 20.4. The fourth-order valence-corrected chi connectivity index (χ4v) is 4.41. The van der Waals surface area contributed by atoms with E-state index in [0.717, 1.165) is 22.0 Å². The minimum absolute atomic E-state index is 0.110. The number of hydrogen-bond donors (Lipinski definition) is 2. The van der Waals surface area contributed by atoms with Gasteiger partial charge >= 0.3 is 0 Å². The Kier molecular flexibility index (Phi) is 6.02. The van der Waals surface area contributed by atoms with E-state index in [1.807, 2.05) is 48.7 Å². The fraction of sp³-hybridized carbons (Fsp3) is 0.125. The van der Waals surface area contributed by atoms with Crippen LogP contribution < -0.4 is 5.32 Å². The second-order valence-corrected chi connectivity index (χ2v) is 8.84. The summed E-state index contributed by atoms with van der Waals surface area (Å²) in [5, 5.41) is 4.81. The quantitative estimate of drug-likeness (QED) is 0.440. The molecule has 0 aliphatic heterocycles. The third kappa shape index (κ3) is 4.18. The Balaban J connectivity index is 1.63. The van der Waals surface area contributed by atoms with Crippen LogP contribution in [0.5, 0.6) is 0 Å². The third-order valence-corrected chi connectivity index (χ3v) is 6.47. The third-order valence-electron chi connectivity index (χ3n) is 5.19. The highest BCUT2D eigenvalue weighted by atomic mass is 35.5. The summed E-state index contributed by atoms with van der Waals surface area (Å²) in [6, 6.07) is 22.6. The van der Waals surface area contributed by atoms with E-state index in [2.05, 4.69) is 16.4 Å². The van der Waals surface area contributed by atoms with Crippen LogP contribution in [0.15, 0.2) is 83.9 Å². The maximum atomic E-state index is 12.8. The van der Waals surface area contributed by atoms with Gasteiger partial charge in [0.25, 0.3) is 5.91 Å². The summed E-state index contributed by atoms with van der Waals surface area (Å²) in [6.45, 7) is 0.395. The molecule has 4 rings (SSSR count). The molecule has 30 heavy (non-hydrogen) atoms. The number of rotatable bonds is 6. The number of fused-ring (bicyclic) bond motifs is 1. The lowest BCUT2D eigenvalue weighted by Gasteiger charge is -2.19. The first-order valence-corrected chi connectivity index (χ1v) is 11.5. The normalized spacial score (nSPS) is 13.1. The molecule has 2 atom stereocenters. The zero-order chi connectivity index (χ0) is 21.1. The van der Waals surface area contributed by atoms with Crippen molar-refractivity contribution in [2.75, 3.05) is 12.8 Å². The molecule has 6 heteroatoms. The highest BCUT2D eigenvalue weighted by Crippen LogP contribution is 2.34. The molecule has 1 heterocycles. The average Bonchev–Trinajstić information content (AvgIpc) is 3.19. The molecule has 1 amide bonds. The molecule has 0 aliphatic rings. The van der Waals surface area contributed by atoms with Gasteiger partial charge in [-0.05, 0) is 47.5 Å². The zero-order valence-corrected chi connectivity index (χ0v) is 18.0. The molecular weight excluding hydrogens is 416 g/mol. The average molecular weight is 437 g/mol. The number of amides is 1. The molecule has 152 valence electrons. The van der Waals surface area contributed by atoms with Gasteiger partial charge < -0.3 is 10.3 Å². The summed E-state index contributed by atoms with van der Waals surface area (Å²) < 4.78 is 11.6. The zero-order valence-electron chi connectivity index (χ0n) is 16.4. The van der Waals surface area contributed by atoms with E-state index in [0.29, 0.717) is 22.0 Å². The number of benzene rings is 3. The van der Waals surface area contributed by atoms with Gasteiger partial charge in [-0.15, -0.1) is 0 Å². The molecule has 0 radical (unpaired) electrons. The first-order chi connectivity index (χ1) is 14.5. The van der Waals surface area contributed by atoms with E-state index in [4.69, 9.17) is 11.6 Å². The molecular formula is C24H21ClN2O2S. The molecule has 0 saturated heterocycles. The summed E-state index contributed by atoms with van der Waals surface area (Å²) in [7, 11) is -1.07. The van der Waals surface area contributed by atoms with Crippen molar-refractivity contribution in [3.63, 3.8) is 0 Å². The summed E-state index contributed by atoms with van der Waals surface area (Å²) >= 11 is 6.51. The van der Waals surface area contributed by atoms with E-state index in [9.17, 15) is 9.00 Å². The van der Waals surface area contributed by atoms with Crippen LogP contribution in [0.4, 0.5) is 0 Å².